The molecule has 0 aliphatic carbocycles. The number of hydrogen-bond acceptors (Lipinski definition) is 6. The van der Waals surface area contributed by atoms with Gasteiger partial charge >= 0.3 is 0 Å². The van der Waals surface area contributed by atoms with Crippen molar-refractivity contribution in [2.75, 3.05) is 26.2 Å². The van der Waals surface area contributed by atoms with Crippen LogP contribution in [0.5, 0.6) is 0 Å². The number of nitrogens with zero attached hydrogens (tertiary/aromatic N) is 4. The summed E-state index contributed by atoms with van der Waals surface area (Å²) in [6.07, 6.45) is 1.87. The Balaban J connectivity index is 1.96. The molecule has 1 fully saturated rings. The predicted molar refractivity (Wildman–Crippen MR) is 80.8 cm³/mol. The largest absolute Gasteiger partial charge is 0.424 e. The highest BCUT2D eigenvalue weighted by molar-refractivity contribution is 4.99. The molecule has 1 aromatic rings. The molecule has 0 saturated carbocycles. The van der Waals surface area contributed by atoms with Crippen LogP contribution in [0.15, 0.2) is 16.1 Å². The number of aromatic nitrogens is 2. The van der Waals surface area contributed by atoms with Crippen LogP contribution in [0, 0.1) is 6.92 Å². The van der Waals surface area contributed by atoms with Crippen LogP contribution in [0.1, 0.15) is 32.6 Å². The highest BCUT2D eigenvalue weighted by Crippen LogP contribution is 2.18. The van der Waals surface area contributed by atoms with Crippen LogP contribution < -0.4 is 0 Å². The Labute approximate surface area is 126 Å². The number of hydrogen-bond donors (Lipinski definition) is 1. The van der Waals surface area contributed by atoms with Crippen LogP contribution in [0.4, 0.5) is 0 Å². The third-order valence-corrected chi connectivity index (χ3v) is 3.87. The van der Waals surface area contributed by atoms with E-state index >= 15 is 0 Å². The maximum atomic E-state index is 10.3. The molecule has 0 amide bonds. The summed E-state index contributed by atoms with van der Waals surface area (Å²) in [7, 11) is 0. The van der Waals surface area contributed by atoms with E-state index in [1.54, 1.807) is 6.92 Å². The second kappa shape index (κ2) is 7.15. The quantitative estimate of drug-likeness (QED) is 0.796. The first-order chi connectivity index (χ1) is 9.99. The summed E-state index contributed by atoms with van der Waals surface area (Å²) >= 11 is 0. The van der Waals surface area contributed by atoms with Crippen molar-refractivity contribution in [3.63, 3.8) is 0 Å². The molecule has 1 N–H and O–H groups in total. The van der Waals surface area contributed by atoms with Crippen LogP contribution in [0.25, 0.3) is 0 Å². The smallest absolute Gasteiger partial charge is 0.230 e. The number of rotatable bonds is 6. The summed E-state index contributed by atoms with van der Waals surface area (Å²) in [5.74, 6) is 1.20. The number of aliphatic hydroxyl groups excluding tert-OH is 1. The third kappa shape index (κ3) is 4.36. The normalized spacial score (nSPS) is 23.0. The fourth-order valence-electron chi connectivity index (χ4n) is 2.71. The van der Waals surface area contributed by atoms with Gasteiger partial charge in [0, 0.05) is 26.6 Å². The van der Waals surface area contributed by atoms with E-state index in [4.69, 9.17) is 4.42 Å². The van der Waals surface area contributed by atoms with Crippen molar-refractivity contribution in [3.8, 4) is 0 Å². The number of likely N-dealkylation sites (tertiary alicyclic amines) is 1. The summed E-state index contributed by atoms with van der Waals surface area (Å²) in [5, 5.41) is 18.2. The molecule has 0 aromatic carbocycles. The number of β-amino-alcohol motifs (C(OH)–C–C–N with tert-alkyl or cyclic N) is 1. The van der Waals surface area contributed by atoms with Gasteiger partial charge in [-0.2, -0.15) is 0 Å². The van der Waals surface area contributed by atoms with Crippen molar-refractivity contribution in [3.05, 3.63) is 23.4 Å². The van der Waals surface area contributed by atoms with Gasteiger partial charge in [0.05, 0.1) is 18.7 Å². The van der Waals surface area contributed by atoms with Gasteiger partial charge in [0.25, 0.3) is 0 Å². The maximum absolute atomic E-state index is 10.3. The Bertz CT molecular complexity index is 482. The summed E-state index contributed by atoms with van der Waals surface area (Å²) in [5.41, 5.74) is 1.31. The maximum Gasteiger partial charge on any atom is 0.230 e. The Morgan fingerprint density at radius 1 is 1.43 bits per heavy atom. The van der Waals surface area contributed by atoms with Crippen molar-refractivity contribution in [1.82, 2.24) is 20.0 Å². The first-order valence-electron chi connectivity index (χ1n) is 7.56. The number of likely N-dealkylation sites (N-methyl/N-ethyl adjacent to an activating group) is 1. The van der Waals surface area contributed by atoms with Crippen LogP contribution in [-0.2, 0) is 6.54 Å². The van der Waals surface area contributed by atoms with Crippen LogP contribution >= 0.6 is 0 Å². The minimum absolute atomic E-state index is 0.118. The average Bonchev–Trinajstić information content (AvgIpc) is 3.00. The fourth-order valence-corrected chi connectivity index (χ4v) is 2.71. The Morgan fingerprint density at radius 2 is 2.19 bits per heavy atom. The molecule has 1 aromatic heterocycles. The molecule has 0 spiro atoms. The fraction of sp³-hybridized carbons (Fsp3) is 0.733. The second-order valence-electron chi connectivity index (χ2n) is 5.91. The third-order valence-electron chi connectivity index (χ3n) is 3.87. The SMILES string of the molecule is CCN(Cc1nnc(C)o1)C1CN(CC=C(C)C)C[C@H]1O. The molecular weight excluding hydrogens is 268 g/mol. The lowest BCUT2D eigenvalue weighted by atomic mass is 10.2. The second-order valence-corrected chi connectivity index (χ2v) is 5.91. The van der Waals surface area contributed by atoms with Crippen LogP contribution in [-0.4, -0.2) is 63.4 Å². The summed E-state index contributed by atoms with van der Waals surface area (Å²) in [6, 6.07) is 0.118. The van der Waals surface area contributed by atoms with E-state index in [0.717, 1.165) is 19.6 Å². The zero-order chi connectivity index (χ0) is 15.4. The minimum Gasteiger partial charge on any atom is -0.424 e. The standard InChI is InChI=1S/C15H26N4O2/c1-5-19(10-15-17-16-12(4)21-15)13-8-18(9-14(13)20)7-6-11(2)3/h6,13-14,20H,5,7-10H2,1-4H3/t13?,14-/m1/s1. The van der Waals surface area contributed by atoms with E-state index in [1.165, 1.54) is 5.57 Å². The molecule has 2 rings (SSSR count). The lowest BCUT2D eigenvalue weighted by Crippen LogP contribution is -2.42. The summed E-state index contributed by atoms with van der Waals surface area (Å²) in [4.78, 5) is 4.49. The molecule has 2 atom stereocenters. The van der Waals surface area contributed by atoms with E-state index in [2.05, 4.69) is 46.8 Å². The molecule has 0 bridgehead atoms. The topological polar surface area (TPSA) is 65.6 Å². The van der Waals surface area contributed by atoms with Gasteiger partial charge in [0.1, 0.15) is 0 Å². The molecule has 1 saturated heterocycles. The number of aliphatic hydroxyl groups is 1. The molecule has 2 heterocycles. The van der Waals surface area contributed by atoms with Gasteiger partial charge in [0.2, 0.25) is 11.8 Å². The van der Waals surface area contributed by atoms with Crippen LogP contribution in [0.3, 0.4) is 0 Å². The molecule has 118 valence electrons. The predicted octanol–water partition coefficient (Wildman–Crippen LogP) is 1.21. The van der Waals surface area contributed by atoms with Gasteiger partial charge in [0.15, 0.2) is 0 Å². The van der Waals surface area contributed by atoms with E-state index in [1.807, 2.05) is 0 Å². The molecule has 6 heteroatoms. The van der Waals surface area contributed by atoms with Crippen molar-refractivity contribution in [2.24, 2.45) is 0 Å². The average molecular weight is 294 g/mol. The zero-order valence-corrected chi connectivity index (χ0v) is 13.4. The van der Waals surface area contributed by atoms with Crippen molar-refractivity contribution < 1.29 is 9.52 Å². The lowest BCUT2D eigenvalue weighted by Gasteiger charge is -2.28. The monoisotopic (exact) mass is 294 g/mol. The zero-order valence-electron chi connectivity index (χ0n) is 13.4. The van der Waals surface area contributed by atoms with Gasteiger partial charge in [-0.05, 0) is 20.4 Å². The first-order valence-corrected chi connectivity index (χ1v) is 7.56. The molecular formula is C15H26N4O2. The minimum atomic E-state index is -0.334. The molecule has 1 aliphatic rings. The molecule has 0 radical (unpaired) electrons. The Kier molecular flexibility index (Phi) is 5.50. The highest BCUT2D eigenvalue weighted by Gasteiger charge is 2.35. The van der Waals surface area contributed by atoms with E-state index in [9.17, 15) is 5.11 Å². The van der Waals surface area contributed by atoms with Crippen molar-refractivity contribution in [2.45, 2.75) is 46.4 Å². The first kappa shape index (κ1) is 16.1. The summed E-state index contributed by atoms with van der Waals surface area (Å²) in [6.45, 7) is 12.0. The van der Waals surface area contributed by atoms with Gasteiger partial charge in [-0.3, -0.25) is 9.80 Å². The van der Waals surface area contributed by atoms with Gasteiger partial charge in [-0.15, -0.1) is 10.2 Å². The Hall–Kier alpha value is -1.24. The van der Waals surface area contributed by atoms with Crippen molar-refractivity contribution >= 4 is 0 Å². The van der Waals surface area contributed by atoms with Gasteiger partial charge in [-0.25, -0.2) is 0 Å². The van der Waals surface area contributed by atoms with Crippen molar-refractivity contribution in [1.29, 1.82) is 0 Å². The molecule has 1 unspecified atom stereocenters. The number of allylic oxidation sites excluding steroid dienone is 1. The summed E-state index contributed by atoms with van der Waals surface area (Å²) < 4.78 is 5.45. The highest BCUT2D eigenvalue weighted by atomic mass is 16.4. The van der Waals surface area contributed by atoms with Crippen LogP contribution in [0.2, 0.25) is 0 Å². The lowest BCUT2D eigenvalue weighted by molar-refractivity contribution is 0.0760. The molecule has 1 aliphatic heterocycles. The van der Waals surface area contributed by atoms with Gasteiger partial charge in [-0.1, -0.05) is 18.6 Å². The Morgan fingerprint density at radius 3 is 2.76 bits per heavy atom. The van der Waals surface area contributed by atoms with Gasteiger partial charge < -0.3 is 9.52 Å². The van der Waals surface area contributed by atoms with E-state index in [-0.39, 0.29) is 12.1 Å². The number of aryl methyl sites for hydroxylation is 1. The van der Waals surface area contributed by atoms with E-state index in [0.29, 0.717) is 24.9 Å². The molecule has 21 heavy (non-hydrogen) atoms. The molecule has 6 nitrogen and oxygen atoms in total. The van der Waals surface area contributed by atoms with E-state index < -0.39 is 0 Å².